The molecule has 0 bridgehead atoms. The van der Waals surface area contributed by atoms with E-state index in [2.05, 4.69) is 5.32 Å². The van der Waals surface area contributed by atoms with Gasteiger partial charge in [-0.1, -0.05) is 12.1 Å². The van der Waals surface area contributed by atoms with Crippen molar-refractivity contribution in [2.75, 3.05) is 12.8 Å². The lowest BCUT2D eigenvalue weighted by molar-refractivity contribution is 0.0950. The zero-order valence-electron chi connectivity index (χ0n) is 11.6. The summed E-state index contributed by atoms with van der Waals surface area (Å²) in [6.45, 7) is 2.33. The molecule has 0 spiro atoms. The van der Waals surface area contributed by atoms with Crippen LogP contribution in [0.5, 0.6) is 5.75 Å². The zero-order chi connectivity index (χ0) is 14.5. The van der Waals surface area contributed by atoms with Gasteiger partial charge in [0.25, 0.3) is 5.91 Å². The summed E-state index contributed by atoms with van der Waals surface area (Å²) in [5.74, 6) is 0.672. The number of anilines is 1. The number of ether oxygens (including phenoxy) is 1. The van der Waals surface area contributed by atoms with Gasteiger partial charge in [-0.15, -0.1) is 0 Å². The Hall–Kier alpha value is -2.49. The van der Waals surface area contributed by atoms with Crippen LogP contribution in [0.25, 0.3) is 0 Å². The molecule has 4 nitrogen and oxygen atoms in total. The van der Waals surface area contributed by atoms with Gasteiger partial charge in [0.15, 0.2) is 0 Å². The predicted molar refractivity (Wildman–Crippen MR) is 79.8 cm³/mol. The Balaban J connectivity index is 2.04. The van der Waals surface area contributed by atoms with Crippen molar-refractivity contribution in [2.45, 2.75) is 13.5 Å². The molecule has 3 N–H and O–H groups in total. The number of carbonyl (C=O) groups is 1. The number of aryl methyl sites for hydroxylation is 1. The monoisotopic (exact) mass is 270 g/mol. The molecule has 4 heteroatoms. The molecule has 0 unspecified atom stereocenters. The first-order chi connectivity index (χ1) is 9.60. The van der Waals surface area contributed by atoms with Gasteiger partial charge in [-0.2, -0.15) is 0 Å². The molecule has 0 fully saturated rings. The van der Waals surface area contributed by atoms with Crippen LogP contribution in [0.3, 0.4) is 0 Å². The molecule has 0 aliphatic heterocycles. The predicted octanol–water partition coefficient (Wildman–Crippen LogP) is 2.52. The summed E-state index contributed by atoms with van der Waals surface area (Å²) >= 11 is 0. The number of nitrogens with two attached hydrogens (primary N) is 1. The van der Waals surface area contributed by atoms with E-state index in [1.165, 1.54) is 0 Å². The Bertz CT molecular complexity index is 624. The van der Waals surface area contributed by atoms with Crippen LogP contribution in [0.2, 0.25) is 0 Å². The van der Waals surface area contributed by atoms with E-state index in [1.54, 1.807) is 25.3 Å². The normalized spacial score (nSPS) is 10.1. The van der Waals surface area contributed by atoms with Crippen molar-refractivity contribution in [3.63, 3.8) is 0 Å². The van der Waals surface area contributed by atoms with Crippen LogP contribution >= 0.6 is 0 Å². The molecule has 0 aliphatic carbocycles. The highest BCUT2D eigenvalue weighted by Gasteiger charge is 2.08. The van der Waals surface area contributed by atoms with E-state index in [0.29, 0.717) is 17.8 Å². The average molecular weight is 270 g/mol. The molecule has 0 aromatic heterocycles. The Morgan fingerprint density at radius 1 is 1.25 bits per heavy atom. The van der Waals surface area contributed by atoms with E-state index in [-0.39, 0.29) is 5.91 Å². The van der Waals surface area contributed by atoms with Crippen LogP contribution in [-0.2, 0) is 6.54 Å². The minimum Gasteiger partial charge on any atom is -0.497 e. The standard InChI is InChI=1S/C16H18N2O2/c1-11-8-13(17)6-7-15(11)16(19)18-10-12-4-3-5-14(9-12)20-2/h3-9H,10,17H2,1-2H3,(H,18,19). The summed E-state index contributed by atoms with van der Waals surface area (Å²) in [7, 11) is 1.62. The molecule has 0 saturated heterocycles. The van der Waals surface area contributed by atoms with Gasteiger partial charge < -0.3 is 15.8 Å². The lowest BCUT2D eigenvalue weighted by Crippen LogP contribution is -2.23. The van der Waals surface area contributed by atoms with Crippen molar-refractivity contribution in [1.29, 1.82) is 0 Å². The SMILES string of the molecule is COc1cccc(CNC(=O)c2ccc(N)cc2C)c1. The summed E-state index contributed by atoms with van der Waals surface area (Å²) in [6.07, 6.45) is 0. The van der Waals surface area contributed by atoms with E-state index < -0.39 is 0 Å². The van der Waals surface area contributed by atoms with Crippen LogP contribution in [0.4, 0.5) is 5.69 Å². The number of hydrogen-bond acceptors (Lipinski definition) is 3. The molecule has 20 heavy (non-hydrogen) atoms. The molecule has 0 heterocycles. The molecule has 2 rings (SSSR count). The summed E-state index contributed by atoms with van der Waals surface area (Å²) in [4.78, 5) is 12.1. The van der Waals surface area contributed by atoms with E-state index in [0.717, 1.165) is 16.9 Å². The Morgan fingerprint density at radius 2 is 2.05 bits per heavy atom. The highest BCUT2D eigenvalue weighted by molar-refractivity contribution is 5.95. The number of carbonyl (C=O) groups excluding carboxylic acids is 1. The number of benzene rings is 2. The molecule has 0 saturated carbocycles. The second kappa shape index (κ2) is 6.10. The summed E-state index contributed by atoms with van der Waals surface area (Å²) < 4.78 is 5.15. The van der Waals surface area contributed by atoms with E-state index in [9.17, 15) is 4.79 Å². The molecule has 0 atom stereocenters. The van der Waals surface area contributed by atoms with Gasteiger partial charge in [0, 0.05) is 17.8 Å². The summed E-state index contributed by atoms with van der Waals surface area (Å²) in [5, 5.41) is 2.89. The van der Waals surface area contributed by atoms with Crippen molar-refractivity contribution in [3.8, 4) is 5.75 Å². The summed E-state index contributed by atoms with van der Waals surface area (Å²) in [6, 6.07) is 12.9. The fraction of sp³-hybridized carbons (Fsp3) is 0.188. The maximum atomic E-state index is 12.1. The smallest absolute Gasteiger partial charge is 0.251 e. The molecular weight excluding hydrogens is 252 g/mol. The Morgan fingerprint density at radius 3 is 2.75 bits per heavy atom. The van der Waals surface area contributed by atoms with Crippen molar-refractivity contribution in [2.24, 2.45) is 0 Å². The fourth-order valence-electron chi connectivity index (χ4n) is 2.00. The number of amides is 1. The van der Waals surface area contributed by atoms with E-state index in [1.807, 2.05) is 31.2 Å². The van der Waals surface area contributed by atoms with Gasteiger partial charge >= 0.3 is 0 Å². The third kappa shape index (κ3) is 3.29. The first kappa shape index (κ1) is 13.9. The van der Waals surface area contributed by atoms with Crippen LogP contribution in [-0.4, -0.2) is 13.0 Å². The average Bonchev–Trinajstić information content (AvgIpc) is 2.45. The molecule has 104 valence electrons. The second-order valence-corrected chi connectivity index (χ2v) is 4.61. The van der Waals surface area contributed by atoms with Crippen molar-refractivity contribution in [3.05, 3.63) is 59.2 Å². The fourth-order valence-corrected chi connectivity index (χ4v) is 2.00. The molecular formula is C16H18N2O2. The Kier molecular flexibility index (Phi) is 4.25. The summed E-state index contributed by atoms with van der Waals surface area (Å²) in [5.41, 5.74) is 8.84. The largest absolute Gasteiger partial charge is 0.497 e. The zero-order valence-corrected chi connectivity index (χ0v) is 11.6. The number of methoxy groups -OCH3 is 1. The van der Waals surface area contributed by atoms with Gasteiger partial charge in [0.05, 0.1) is 7.11 Å². The van der Waals surface area contributed by atoms with Crippen LogP contribution in [0.15, 0.2) is 42.5 Å². The van der Waals surface area contributed by atoms with E-state index in [4.69, 9.17) is 10.5 Å². The van der Waals surface area contributed by atoms with Crippen molar-refractivity contribution >= 4 is 11.6 Å². The van der Waals surface area contributed by atoms with E-state index >= 15 is 0 Å². The van der Waals surface area contributed by atoms with Crippen LogP contribution in [0, 0.1) is 6.92 Å². The van der Waals surface area contributed by atoms with Gasteiger partial charge in [-0.05, 0) is 48.4 Å². The molecule has 1 amide bonds. The lowest BCUT2D eigenvalue weighted by Gasteiger charge is -2.09. The van der Waals surface area contributed by atoms with Gasteiger partial charge in [-0.3, -0.25) is 4.79 Å². The highest BCUT2D eigenvalue weighted by Crippen LogP contribution is 2.14. The maximum absolute atomic E-state index is 12.1. The first-order valence-electron chi connectivity index (χ1n) is 6.37. The molecule has 2 aromatic carbocycles. The molecule has 2 aromatic rings. The Labute approximate surface area is 118 Å². The first-order valence-corrected chi connectivity index (χ1v) is 6.37. The number of hydrogen-bond donors (Lipinski definition) is 2. The van der Waals surface area contributed by atoms with Gasteiger partial charge in [0.2, 0.25) is 0 Å². The van der Waals surface area contributed by atoms with Gasteiger partial charge in [-0.25, -0.2) is 0 Å². The van der Waals surface area contributed by atoms with Crippen LogP contribution in [0.1, 0.15) is 21.5 Å². The molecule has 0 radical (unpaired) electrons. The van der Waals surface area contributed by atoms with Crippen molar-refractivity contribution in [1.82, 2.24) is 5.32 Å². The third-order valence-corrected chi connectivity index (χ3v) is 3.08. The molecule has 0 aliphatic rings. The van der Waals surface area contributed by atoms with Crippen LogP contribution < -0.4 is 15.8 Å². The van der Waals surface area contributed by atoms with Crippen molar-refractivity contribution < 1.29 is 9.53 Å². The quantitative estimate of drug-likeness (QED) is 0.839. The minimum absolute atomic E-state index is 0.106. The topological polar surface area (TPSA) is 64.3 Å². The number of nitrogens with one attached hydrogen (secondary N) is 1. The number of nitrogen functional groups attached to an aromatic ring is 1. The minimum atomic E-state index is -0.106. The number of rotatable bonds is 4. The third-order valence-electron chi connectivity index (χ3n) is 3.08. The lowest BCUT2D eigenvalue weighted by atomic mass is 10.1. The second-order valence-electron chi connectivity index (χ2n) is 4.61. The highest BCUT2D eigenvalue weighted by atomic mass is 16.5. The maximum Gasteiger partial charge on any atom is 0.251 e. The van der Waals surface area contributed by atoms with Gasteiger partial charge in [0.1, 0.15) is 5.75 Å².